The Morgan fingerprint density at radius 3 is 2.43 bits per heavy atom. The van der Waals surface area contributed by atoms with Gasteiger partial charge in [0.2, 0.25) is 6.41 Å². The Balaban J connectivity index is 2.34. The van der Waals surface area contributed by atoms with Gasteiger partial charge in [0.1, 0.15) is 12.2 Å². The first-order valence-electron chi connectivity index (χ1n) is 12.4. The fourth-order valence-corrected chi connectivity index (χ4v) is 4.03. The third-order valence-corrected chi connectivity index (χ3v) is 5.98. The van der Waals surface area contributed by atoms with Crippen LogP contribution >= 0.6 is 0 Å². The molecule has 2 amide bonds. The first kappa shape index (κ1) is 29.6. The average molecular weight is 521 g/mol. The molecule has 1 aliphatic rings. The molecule has 1 aliphatic heterocycles. The Labute approximate surface area is 216 Å². The Hall–Kier alpha value is -3.63. The summed E-state index contributed by atoms with van der Waals surface area (Å²) in [6.07, 6.45) is -0.952. The molecule has 0 spiro atoms. The van der Waals surface area contributed by atoms with Crippen molar-refractivity contribution in [3.05, 3.63) is 23.8 Å². The van der Waals surface area contributed by atoms with Crippen molar-refractivity contribution in [3.63, 3.8) is 0 Å². The molecule has 37 heavy (non-hydrogen) atoms. The lowest BCUT2D eigenvalue weighted by molar-refractivity contribution is -0.175. The molecular weight excluding hydrogens is 484 g/mol. The molecule has 0 aliphatic carbocycles. The summed E-state index contributed by atoms with van der Waals surface area (Å²) in [7, 11) is 0. The van der Waals surface area contributed by atoms with Gasteiger partial charge in [-0.2, -0.15) is 0 Å². The van der Waals surface area contributed by atoms with Gasteiger partial charge in [0, 0.05) is 6.42 Å². The van der Waals surface area contributed by atoms with Crippen molar-refractivity contribution in [2.45, 2.75) is 84.7 Å². The standard InChI is InChI=1S/C26H36N2O9/c1-6-7-9-18-23(37-20(30)12-14(2)3)16(5)36-26(34)21(15(4)35-25(18)33)28-24(32)17-10-8-11-19(22(17)31)27-13-29/h8,10-11,13-16,18,21,23,31H,6-7,9,12H2,1-5H3,(H,27,29)(H,28,32)/t15?,16-,18+,21?,23+/m0/s1. The number of esters is 3. The van der Waals surface area contributed by atoms with Crippen LogP contribution in [0.25, 0.3) is 0 Å². The molecule has 1 aromatic rings. The highest BCUT2D eigenvalue weighted by Gasteiger charge is 2.43. The average Bonchev–Trinajstić information content (AvgIpc) is 2.84. The summed E-state index contributed by atoms with van der Waals surface area (Å²) in [6, 6.07) is 2.70. The number of anilines is 1. The molecule has 3 N–H and O–H groups in total. The zero-order chi connectivity index (χ0) is 27.7. The number of phenolic OH excluding ortho intramolecular Hbond substituents is 1. The molecule has 1 fully saturated rings. The van der Waals surface area contributed by atoms with Gasteiger partial charge in [-0.05, 0) is 38.3 Å². The normalized spacial score (nSPS) is 24.1. The van der Waals surface area contributed by atoms with Crippen molar-refractivity contribution in [3.8, 4) is 5.75 Å². The molecule has 0 radical (unpaired) electrons. The molecular formula is C26H36N2O9. The van der Waals surface area contributed by atoms with Crippen LogP contribution in [0.4, 0.5) is 5.69 Å². The minimum atomic E-state index is -1.42. The van der Waals surface area contributed by atoms with Gasteiger partial charge in [-0.3, -0.25) is 19.2 Å². The number of cyclic esters (lactones) is 2. The molecule has 11 heteroatoms. The van der Waals surface area contributed by atoms with E-state index < -0.39 is 59.8 Å². The van der Waals surface area contributed by atoms with Crippen molar-refractivity contribution >= 4 is 35.9 Å². The number of phenols is 1. The van der Waals surface area contributed by atoms with Crippen molar-refractivity contribution in [1.29, 1.82) is 0 Å². The number of hydrogen-bond donors (Lipinski definition) is 3. The van der Waals surface area contributed by atoms with Crippen LogP contribution in [0.5, 0.6) is 5.75 Å². The Bertz CT molecular complexity index is 994. The predicted octanol–water partition coefficient (Wildman–Crippen LogP) is 2.70. The second-order valence-electron chi connectivity index (χ2n) is 9.50. The second kappa shape index (κ2) is 13.6. The Morgan fingerprint density at radius 1 is 1.14 bits per heavy atom. The van der Waals surface area contributed by atoms with E-state index in [1.165, 1.54) is 32.0 Å². The van der Waals surface area contributed by atoms with Gasteiger partial charge in [0.15, 0.2) is 17.9 Å². The summed E-state index contributed by atoms with van der Waals surface area (Å²) in [5.41, 5.74) is -0.218. The molecule has 0 aromatic heterocycles. The summed E-state index contributed by atoms with van der Waals surface area (Å²) < 4.78 is 16.8. The van der Waals surface area contributed by atoms with Crippen molar-refractivity contribution in [2.75, 3.05) is 5.32 Å². The molecule has 204 valence electrons. The van der Waals surface area contributed by atoms with Crippen LogP contribution in [0.15, 0.2) is 18.2 Å². The maximum Gasteiger partial charge on any atom is 0.332 e. The van der Waals surface area contributed by atoms with Crippen LogP contribution in [-0.4, -0.2) is 59.7 Å². The molecule has 5 atom stereocenters. The summed E-state index contributed by atoms with van der Waals surface area (Å²) in [5, 5.41) is 15.1. The summed E-state index contributed by atoms with van der Waals surface area (Å²) >= 11 is 0. The van der Waals surface area contributed by atoms with Gasteiger partial charge < -0.3 is 30.0 Å². The molecule has 1 aromatic carbocycles. The highest BCUT2D eigenvalue weighted by molar-refractivity contribution is 6.01. The van der Waals surface area contributed by atoms with Crippen molar-refractivity contribution in [2.24, 2.45) is 11.8 Å². The number of amides is 2. The van der Waals surface area contributed by atoms with Gasteiger partial charge in [0.05, 0.1) is 17.2 Å². The number of aromatic hydroxyl groups is 1. The van der Waals surface area contributed by atoms with Crippen LogP contribution in [0.3, 0.4) is 0 Å². The fraction of sp³-hybridized carbons (Fsp3) is 0.577. The predicted molar refractivity (Wildman–Crippen MR) is 133 cm³/mol. The number of para-hydroxylation sites is 1. The number of carbonyl (C=O) groups is 5. The van der Waals surface area contributed by atoms with Gasteiger partial charge in [-0.1, -0.05) is 39.7 Å². The SMILES string of the molecule is CCCC[C@H]1C(=O)OC(C)C(NC(=O)c2cccc(NC=O)c2O)C(=O)O[C@@H](C)[C@H]1OC(=O)CC(C)C. The number of rotatable bonds is 10. The molecule has 1 saturated heterocycles. The number of hydrogen-bond acceptors (Lipinski definition) is 9. The van der Waals surface area contributed by atoms with E-state index in [0.29, 0.717) is 19.3 Å². The van der Waals surface area contributed by atoms with E-state index in [4.69, 9.17) is 14.2 Å². The van der Waals surface area contributed by atoms with E-state index in [-0.39, 0.29) is 23.6 Å². The molecule has 1 heterocycles. The first-order valence-corrected chi connectivity index (χ1v) is 12.4. The summed E-state index contributed by atoms with van der Waals surface area (Å²) in [6.45, 7) is 8.61. The molecule has 0 saturated carbocycles. The highest BCUT2D eigenvalue weighted by Crippen LogP contribution is 2.29. The van der Waals surface area contributed by atoms with Gasteiger partial charge in [-0.15, -0.1) is 0 Å². The van der Waals surface area contributed by atoms with Crippen LogP contribution in [-0.2, 0) is 33.4 Å². The van der Waals surface area contributed by atoms with Gasteiger partial charge in [-0.25, -0.2) is 4.79 Å². The Morgan fingerprint density at radius 2 is 1.81 bits per heavy atom. The zero-order valence-corrected chi connectivity index (χ0v) is 21.8. The van der Waals surface area contributed by atoms with E-state index in [9.17, 15) is 29.1 Å². The van der Waals surface area contributed by atoms with E-state index in [0.717, 1.165) is 6.42 Å². The van der Waals surface area contributed by atoms with E-state index in [1.54, 1.807) is 0 Å². The third-order valence-electron chi connectivity index (χ3n) is 5.98. The van der Waals surface area contributed by atoms with Crippen LogP contribution in [0.2, 0.25) is 0 Å². The van der Waals surface area contributed by atoms with Crippen molar-refractivity contribution < 1.29 is 43.3 Å². The monoisotopic (exact) mass is 520 g/mol. The number of unbranched alkanes of at least 4 members (excludes halogenated alkanes) is 1. The minimum absolute atomic E-state index is 0.00221. The summed E-state index contributed by atoms with van der Waals surface area (Å²) in [4.78, 5) is 62.5. The number of nitrogens with one attached hydrogen (secondary N) is 2. The first-order chi connectivity index (χ1) is 17.5. The molecule has 2 rings (SSSR count). The zero-order valence-electron chi connectivity index (χ0n) is 21.8. The lowest BCUT2D eigenvalue weighted by Crippen LogP contribution is -2.50. The quantitative estimate of drug-likeness (QED) is 0.183. The van der Waals surface area contributed by atoms with E-state index >= 15 is 0 Å². The largest absolute Gasteiger partial charge is 0.505 e. The maximum absolute atomic E-state index is 13.2. The topological polar surface area (TPSA) is 157 Å². The molecule has 0 bridgehead atoms. The second-order valence-corrected chi connectivity index (χ2v) is 9.50. The molecule has 11 nitrogen and oxygen atoms in total. The number of benzene rings is 1. The lowest BCUT2D eigenvalue weighted by atomic mass is 9.92. The fourth-order valence-electron chi connectivity index (χ4n) is 4.03. The smallest absolute Gasteiger partial charge is 0.332 e. The number of ether oxygens (including phenoxy) is 3. The minimum Gasteiger partial charge on any atom is -0.505 e. The summed E-state index contributed by atoms with van der Waals surface area (Å²) in [5.74, 6) is -4.29. The van der Waals surface area contributed by atoms with E-state index in [1.807, 2.05) is 20.8 Å². The van der Waals surface area contributed by atoms with Crippen LogP contribution in [0, 0.1) is 11.8 Å². The van der Waals surface area contributed by atoms with Crippen LogP contribution in [0.1, 0.15) is 70.7 Å². The third kappa shape index (κ3) is 7.93. The van der Waals surface area contributed by atoms with Crippen LogP contribution < -0.4 is 10.6 Å². The highest BCUT2D eigenvalue weighted by atomic mass is 16.6. The van der Waals surface area contributed by atoms with Crippen molar-refractivity contribution in [1.82, 2.24) is 5.32 Å². The van der Waals surface area contributed by atoms with Gasteiger partial charge >= 0.3 is 17.9 Å². The number of carbonyl (C=O) groups excluding carboxylic acids is 5. The maximum atomic E-state index is 13.2. The Kier molecular flexibility index (Phi) is 10.9. The van der Waals surface area contributed by atoms with Gasteiger partial charge in [0.25, 0.3) is 5.91 Å². The molecule has 2 unspecified atom stereocenters. The lowest BCUT2D eigenvalue weighted by Gasteiger charge is -2.29. The van der Waals surface area contributed by atoms with E-state index in [2.05, 4.69) is 10.6 Å².